The van der Waals surface area contributed by atoms with Crippen LogP contribution in [0.4, 0.5) is 0 Å². The zero-order chi connectivity index (χ0) is 16.9. The molecule has 1 N–H and O–H groups in total. The maximum atomic E-state index is 12.7. The Bertz CT molecular complexity index is 666. The molecule has 4 nitrogen and oxygen atoms in total. The van der Waals surface area contributed by atoms with E-state index in [-0.39, 0.29) is 18.0 Å². The Balaban J connectivity index is 1.77. The van der Waals surface area contributed by atoms with Crippen molar-refractivity contribution < 1.29 is 9.53 Å². The molecule has 0 radical (unpaired) electrons. The van der Waals surface area contributed by atoms with E-state index in [0.29, 0.717) is 0 Å². The average molecular weight is 344 g/mol. The molecule has 1 aliphatic heterocycles. The first-order valence-corrected chi connectivity index (χ1v) is 9.26. The van der Waals surface area contributed by atoms with Gasteiger partial charge in [0.2, 0.25) is 0 Å². The van der Waals surface area contributed by atoms with E-state index in [4.69, 9.17) is 4.74 Å². The van der Waals surface area contributed by atoms with E-state index in [2.05, 4.69) is 34.7 Å². The minimum absolute atomic E-state index is 0.00424. The number of thiophene rings is 1. The summed E-state index contributed by atoms with van der Waals surface area (Å²) in [6, 6.07) is 12.1. The Kier molecular flexibility index (Phi) is 5.66. The summed E-state index contributed by atoms with van der Waals surface area (Å²) in [7, 11) is 0. The van der Waals surface area contributed by atoms with Gasteiger partial charge in [0.15, 0.2) is 0 Å². The highest BCUT2D eigenvalue weighted by Crippen LogP contribution is 2.29. The topological polar surface area (TPSA) is 41.6 Å². The summed E-state index contributed by atoms with van der Waals surface area (Å²) in [6.07, 6.45) is 0. The summed E-state index contributed by atoms with van der Waals surface area (Å²) in [6.45, 7) is 7.36. The number of aryl methyl sites for hydroxylation is 1. The molecule has 1 amide bonds. The molecule has 0 aliphatic carbocycles. The first-order chi connectivity index (χ1) is 11.7. The smallest absolute Gasteiger partial charge is 0.251 e. The Morgan fingerprint density at radius 1 is 1.21 bits per heavy atom. The van der Waals surface area contributed by atoms with Crippen LogP contribution in [0.2, 0.25) is 0 Å². The maximum Gasteiger partial charge on any atom is 0.251 e. The summed E-state index contributed by atoms with van der Waals surface area (Å²) in [5.41, 5.74) is 1.75. The third kappa shape index (κ3) is 3.86. The van der Waals surface area contributed by atoms with Gasteiger partial charge in [0.05, 0.1) is 19.3 Å². The number of morpholine rings is 1. The molecule has 1 fully saturated rings. The SMILES string of the molecule is Cc1ccccc1C(=O)N[C@H](C)[C@H](c1cccs1)N1CCOCC1. The third-order valence-electron chi connectivity index (χ3n) is 4.50. The standard InChI is InChI=1S/C19H24N2O2S/c1-14-6-3-4-7-16(14)19(22)20-15(2)18(17-8-5-13-24-17)21-9-11-23-12-10-21/h3-8,13,15,18H,9-12H2,1-2H3,(H,20,22)/t15-,18-/m1/s1. The molecular weight excluding hydrogens is 320 g/mol. The molecule has 2 heterocycles. The molecule has 0 bridgehead atoms. The van der Waals surface area contributed by atoms with Crippen molar-refractivity contribution in [2.24, 2.45) is 0 Å². The van der Waals surface area contributed by atoms with Gasteiger partial charge in [-0.1, -0.05) is 24.3 Å². The van der Waals surface area contributed by atoms with Crippen LogP contribution in [0, 0.1) is 6.92 Å². The quantitative estimate of drug-likeness (QED) is 0.905. The van der Waals surface area contributed by atoms with Crippen molar-refractivity contribution in [2.45, 2.75) is 25.9 Å². The van der Waals surface area contributed by atoms with Crippen molar-refractivity contribution in [2.75, 3.05) is 26.3 Å². The molecule has 1 saturated heterocycles. The number of rotatable bonds is 5. The lowest BCUT2D eigenvalue weighted by molar-refractivity contribution is 0.00969. The number of amides is 1. The van der Waals surface area contributed by atoms with Gasteiger partial charge in [-0.2, -0.15) is 0 Å². The van der Waals surface area contributed by atoms with Gasteiger partial charge in [0, 0.05) is 29.6 Å². The van der Waals surface area contributed by atoms with Gasteiger partial charge < -0.3 is 10.1 Å². The molecule has 0 unspecified atom stereocenters. The van der Waals surface area contributed by atoms with Crippen molar-refractivity contribution in [3.8, 4) is 0 Å². The van der Waals surface area contributed by atoms with E-state index in [9.17, 15) is 4.79 Å². The van der Waals surface area contributed by atoms with Crippen LogP contribution < -0.4 is 5.32 Å². The van der Waals surface area contributed by atoms with Crippen LogP contribution in [0.1, 0.15) is 33.8 Å². The first kappa shape index (κ1) is 17.1. The number of hydrogen-bond acceptors (Lipinski definition) is 4. The fraction of sp³-hybridized carbons (Fsp3) is 0.421. The van der Waals surface area contributed by atoms with Gasteiger partial charge in [0.1, 0.15) is 0 Å². The van der Waals surface area contributed by atoms with Gasteiger partial charge >= 0.3 is 0 Å². The molecule has 5 heteroatoms. The second kappa shape index (κ2) is 7.92. The molecule has 1 aromatic heterocycles. The van der Waals surface area contributed by atoms with E-state index in [0.717, 1.165) is 37.4 Å². The van der Waals surface area contributed by atoms with Crippen LogP contribution in [0.15, 0.2) is 41.8 Å². The number of nitrogens with zero attached hydrogens (tertiary/aromatic N) is 1. The van der Waals surface area contributed by atoms with Gasteiger partial charge in [-0.05, 0) is 36.9 Å². The fourth-order valence-corrected chi connectivity index (χ4v) is 4.21. The summed E-state index contributed by atoms with van der Waals surface area (Å²) >= 11 is 1.75. The molecule has 2 aromatic rings. The molecule has 2 atom stereocenters. The number of carbonyl (C=O) groups excluding carboxylic acids is 1. The monoisotopic (exact) mass is 344 g/mol. The van der Waals surface area contributed by atoms with Crippen molar-refractivity contribution in [1.82, 2.24) is 10.2 Å². The molecule has 128 valence electrons. The van der Waals surface area contributed by atoms with Gasteiger partial charge in [-0.3, -0.25) is 9.69 Å². The van der Waals surface area contributed by atoms with Gasteiger partial charge in [0.25, 0.3) is 5.91 Å². The third-order valence-corrected chi connectivity index (χ3v) is 5.44. The van der Waals surface area contributed by atoms with E-state index in [1.807, 2.05) is 31.2 Å². The van der Waals surface area contributed by atoms with Crippen molar-refractivity contribution in [3.63, 3.8) is 0 Å². The van der Waals surface area contributed by atoms with E-state index >= 15 is 0 Å². The summed E-state index contributed by atoms with van der Waals surface area (Å²) in [4.78, 5) is 16.4. The minimum Gasteiger partial charge on any atom is -0.379 e. The second-order valence-corrected chi connectivity index (χ2v) is 7.16. The Labute approximate surface area is 147 Å². The van der Waals surface area contributed by atoms with Crippen LogP contribution in [-0.4, -0.2) is 43.2 Å². The number of benzene rings is 1. The highest BCUT2D eigenvalue weighted by molar-refractivity contribution is 7.10. The molecule has 0 saturated carbocycles. The lowest BCUT2D eigenvalue weighted by atomic mass is 10.0. The van der Waals surface area contributed by atoms with Crippen LogP contribution in [0.5, 0.6) is 0 Å². The number of ether oxygens (including phenoxy) is 1. The largest absolute Gasteiger partial charge is 0.379 e. The normalized spacial score (nSPS) is 18.1. The van der Waals surface area contributed by atoms with E-state index in [1.54, 1.807) is 11.3 Å². The van der Waals surface area contributed by atoms with Crippen LogP contribution in [0.25, 0.3) is 0 Å². The minimum atomic E-state index is -0.00424. The van der Waals surface area contributed by atoms with Crippen molar-refractivity contribution in [3.05, 3.63) is 57.8 Å². The predicted octanol–water partition coefficient (Wildman–Crippen LogP) is 3.25. The highest BCUT2D eigenvalue weighted by atomic mass is 32.1. The summed E-state index contributed by atoms with van der Waals surface area (Å²) < 4.78 is 5.49. The maximum absolute atomic E-state index is 12.7. The Morgan fingerprint density at radius 3 is 2.62 bits per heavy atom. The number of carbonyl (C=O) groups is 1. The van der Waals surface area contributed by atoms with E-state index in [1.165, 1.54) is 4.88 Å². The average Bonchev–Trinajstić information content (AvgIpc) is 3.10. The van der Waals surface area contributed by atoms with Crippen molar-refractivity contribution in [1.29, 1.82) is 0 Å². The zero-order valence-electron chi connectivity index (χ0n) is 14.2. The van der Waals surface area contributed by atoms with Crippen LogP contribution >= 0.6 is 11.3 Å². The molecule has 0 spiro atoms. The Hall–Kier alpha value is -1.69. The molecule has 24 heavy (non-hydrogen) atoms. The van der Waals surface area contributed by atoms with Gasteiger partial charge in [-0.25, -0.2) is 0 Å². The highest BCUT2D eigenvalue weighted by Gasteiger charge is 2.29. The zero-order valence-corrected chi connectivity index (χ0v) is 15.0. The first-order valence-electron chi connectivity index (χ1n) is 8.38. The Morgan fingerprint density at radius 2 is 1.96 bits per heavy atom. The van der Waals surface area contributed by atoms with Crippen LogP contribution in [-0.2, 0) is 4.74 Å². The lowest BCUT2D eigenvalue weighted by Gasteiger charge is -2.37. The molecular formula is C19H24N2O2S. The number of hydrogen-bond donors (Lipinski definition) is 1. The second-order valence-electron chi connectivity index (χ2n) is 6.19. The number of nitrogens with one attached hydrogen (secondary N) is 1. The van der Waals surface area contributed by atoms with E-state index < -0.39 is 0 Å². The molecule has 3 rings (SSSR count). The predicted molar refractivity (Wildman–Crippen MR) is 97.6 cm³/mol. The lowest BCUT2D eigenvalue weighted by Crippen LogP contribution is -2.48. The molecule has 1 aromatic carbocycles. The summed E-state index contributed by atoms with van der Waals surface area (Å²) in [5.74, 6) is -0.00424. The van der Waals surface area contributed by atoms with Crippen LogP contribution in [0.3, 0.4) is 0 Å². The fourth-order valence-electron chi connectivity index (χ4n) is 3.25. The summed E-state index contributed by atoms with van der Waals surface area (Å²) in [5, 5.41) is 5.30. The van der Waals surface area contributed by atoms with Crippen molar-refractivity contribution >= 4 is 17.2 Å². The molecule has 1 aliphatic rings. The van der Waals surface area contributed by atoms with Gasteiger partial charge in [-0.15, -0.1) is 11.3 Å².